The lowest BCUT2D eigenvalue weighted by Gasteiger charge is -2.26. The van der Waals surface area contributed by atoms with Gasteiger partial charge in [0.2, 0.25) is 0 Å². The minimum absolute atomic E-state index is 0.0569. The van der Waals surface area contributed by atoms with Crippen molar-refractivity contribution in [2.75, 3.05) is 20.3 Å². The lowest BCUT2D eigenvalue weighted by Crippen LogP contribution is -2.31. The fourth-order valence-corrected chi connectivity index (χ4v) is 4.25. The first kappa shape index (κ1) is 25.0. The van der Waals surface area contributed by atoms with Gasteiger partial charge in [-0.1, -0.05) is 13.0 Å². The van der Waals surface area contributed by atoms with Crippen LogP contribution in [-0.4, -0.2) is 51.5 Å². The number of hydrogen-bond acceptors (Lipinski definition) is 6. The SMILES string of the molecule is CCCOc1ccc(C2/C(=C(/O)c3ccc(F)cc3)C(=O)C(=O)N2CCCn2ccnc2)cc1OC. The van der Waals surface area contributed by atoms with E-state index in [-0.39, 0.29) is 23.4 Å². The van der Waals surface area contributed by atoms with Gasteiger partial charge in [0.05, 0.1) is 31.7 Å². The predicted molar refractivity (Wildman–Crippen MR) is 131 cm³/mol. The van der Waals surface area contributed by atoms with Crippen LogP contribution in [0.4, 0.5) is 4.39 Å². The molecule has 0 radical (unpaired) electrons. The quantitative estimate of drug-likeness (QED) is 0.257. The summed E-state index contributed by atoms with van der Waals surface area (Å²) in [6, 6.07) is 9.46. The number of likely N-dealkylation sites (tertiary alicyclic amines) is 1. The largest absolute Gasteiger partial charge is 0.507 e. The Morgan fingerprint density at radius 2 is 1.89 bits per heavy atom. The highest BCUT2D eigenvalue weighted by Gasteiger charge is 2.46. The molecule has 1 fully saturated rings. The molecule has 0 bridgehead atoms. The topological polar surface area (TPSA) is 93.9 Å². The summed E-state index contributed by atoms with van der Waals surface area (Å²) < 4.78 is 26.6. The number of carbonyl (C=O) groups excluding carboxylic acids is 2. The van der Waals surface area contributed by atoms with Gasteiger partial charge in [-0.25, -0.2) is 9.37 Å². The van der Waals surface area contributed by atoms with Crippen molar-refractivity contribution in [1.82, 2.24) is 14.5 Å². The molecule has 1 saturated heterocycles. The van der Waals surface area contributed by atoms with Gasteiger partial charge in [-0.05, 0) is 54.8 Å². The van der Waals surface area contributed by atoms with Crippen molar-refractivity contribution in [3.8, 4) is 11.5 Å². The second kappa shape index (κ2) is 11.1. The van der Waals surface area contributed by atoms with E-state index in [2.05, 4.69) is 4.98 Å². The van der Waals surface area contributed by atoms with Crippen molar-refractivity contribution >= 4 is 17.4 Å². The van der Waals surface area contributed by atoms with Crippen molar-refractivity contribution in [3.63, 3.8) is 0 Å². The molecule has 188 valence electrons. The molecular formula is C27H28FN3O5. The number of ketones is 1. The smallest absolute Gasteiger partial charge is 0.295 e. The number of rotatable bonds is 10. The van der Waals surface area contributed by atoms with E-state index in [9.17, 15) is 19.1 Å². The summed E-state index contributed by atoms with van der Waals surface area (Å²) in [5.41, 5.74) is 0.771. The molecule has 1 aromatic heterocycles. The molecular weight excluding hydrogens is 465 g/mol. The third-order valence-corrected chi connectivity index (χ3v) is 6.00. The van der Waals surface area contributed by atoms with Crippen LogP contribution in [-0.2, 0) is 16.1 Å². The molecule has 1 amide bonds. The molecule has 1 N–H and O–H groups in total. The number of aliphatic hydroxyl groups excluding tert-OH is 1. The van der Waals surface area contributed by atoms with Gasteiger partial charge in [-0.3, -0.25) is 9.59 Å². The molecule has 1 unspecified atom stereocenters. The number of aromatic nitrogens is 2. The maximum Gasteiger partial charge on any atom is 0.295 e. The van der Waals surface area contributed by atoms with Crippen LogP contribution < -0.4 is 9.47 Å². The fourth-order valence-electron chi connectivity index (χ4n) is 4.25. The first-order valence-electron chi connectivity index (χ1n) is 11.8. The Balaban J connectivity index is 1.75. The minimum atomic E-state index is -0.855. The summed E-state index contributed by atoms with van der Waals surface area (Å²) in [6.07, 6.45) is 6.55. The lowest BCUT2D eigenvalue weighted by atomic mass is 9.95. The van der Waals surface area contributed by atoms with E-state index < -0.39 is 23.5 Å². The third kappa shape index (κ3) is 5.10. The Morgan fingerprint density at radius 1 is 1.11 bits per heavy atom. The van der Waals surface area contributed by atoms with Crippen LogP contribution in [0.3, 0.4) is 0 Å². The van der Waals surface area contributed by atoms with Crippen molar-refractivity contribution in [3.05, 3.63) is 83.7 Å². The molecule has 1 aliphatic heterocycles. The standard InChI is InChI=1S/C27H28FN3O5/c1-3-15-36-21-10-7-19(16-22(21)35-2)24-23(25(32)18-5-8-20(28)9-6-18)26(33)27(34)31(24)13-4-12-30-14-11-29-17-30/h5-11,14,16-17,24,32H,3-4,12-13,15H2,1-2H3/b25-23-. The Bertz CT molecular complexity index is 1250. The molecule has 1 atom stereocenters. The predicted octanol–water partition coefficient (Wildman–Crippen LogP) is 4.33. The molecule has 8 nitrogen and oxygen atoms in total. The number of amides is 1. The van der Waals surface area contributed by atoms with E-state index in [1.165, 1.54) is 36.3 Å². The maximum atomic E-state index is 13.5. The van der Waals surface area contributed by atoms with Gasteiger partial charge < -0.3 is 24.0 Å². The highest BCUT2D eigenvalue weighted by Crippen LogP contribution is 2.42. The summed E-state index contributed by atoms with van der Waals surface area (Å²) in [5.74, 6) is -1.35. The van der Waals surface area contributed by atoms with Gasteiger partial charge in [0.25, 0.3) is 11.7 Å². The number of halogens is 1. The van der Waals surface area contributed by atoms with Gasteiger partial charge in [0.1, 0.15) is 11.6 Å². The van der Waals surface area contributed by atoms with Gasteiger partial charge in [0.15, 0.2) is 11.5 Å². The van der Waals surface area contributed by atoms with Gasteiger partial charge in [-0.2, -0.15) is 0 Å². The van der Waals surface area contributed by atoms with Gasteiger partial charge >= 0.3 is 0 Å². The third-order valence-electron chi connectivity index (χ3n) is 6.00. The second-order valence-corrected chi connectivity index (χ2v) is 8.41. The Hall–Kier alpha value is -4.14. The highest BCUT2D eigenvalue weighted by atomic mass is 19.1. The van der Waals surface area contributed by atoms with Crippen molar-refractivity contribution in [1.29, 1.82) is 0 Å². The van der Waals surface area contributed by atoms with Crippen molar-refractivity contribution in [2.45, 2.75) is 32.4 Å². The Labute approximate surface area is 208 Å². The number of benzene rings is 2. The highest BCUT2D eigenvalue weighted by molar-refractivity contribution is 6.46. The summed E-state index contributed by atoms with van der Waals surface area (Å²) in [5, 5.41) is 11.1. The average Bonchev–Trinajstić information content (AvgIpc) is 3.49. The second-order valence-electron chi connectivity index (χ2n) is 8.41. The van der Waals surface area contributed by atoms with E-state index in [0.717, 1.165) is 6.42 Å². The molecule has 4 rings (SSSR count). The molecule has 1 aliphatic rings. The van der Waals surface area contributed by atoms with E-state index in [0.29, 0.717) is 36.6 Å². The molecule has 36 heavy (non-hydrogen) atoms. The molecule has 0 aliphatic carbocycles. The Kier molecular flexibility index (Phi) is 7.68. The number of hydrogen-bond donors (Lipinski definition) is 1. The molecule has 9 heteroatoms. The zero-order valence-corrected chi connectivity index (χ0v) is 20.2. The summed E-state index contributed by atoms with van der Waals surface area (Å²) >= 11 is 0. The molecule has 2 heterocycles. The number of aliphatic hydroxyl groups is 1. The van der Waals surface area contributed by atoms with Crippen LogP contribution in [0.5, 0.6) is 11.5 Å². The molecule has 3 aromatic rings. The van der Waals surface area contributed by atoms with Crippen molar-refractivity contribution in [2.24, 2.45) is 0 Å². The van der Waals surface area contributed by atoms with Crippen LogP contribution in [0.2, 0.25) is 0 Å². The number of ether oxygens (including phenoxy) is 2. The van der Waals surface area contributed by atoms with Crippen LogP contribution in [0.15, 0.2) is 66.8 Å². The number of methoxy groups -OCH3 is 1. The van der Waals surface area contributed by atoms with Crippen molar-refractivity contribution < 1.29 is 28.6 Å². The van der Waals surface area contributed by atoms with E-state index in [1.54, 1.807) is 30.7 Å². The monoisotopic (exact) mass is 493 g/mol. The fraction of sp³-hybridized carbons (Fsp3) is 0.296. The first-order valence-corrected chi connectivity index (χ1v) is 11.8. The summed E-state index contributed by atoms with van der Waals surface area (Å²) in [6.45, 7) is 3.37. The van der Waals surface area contributed by atoms with Crippen LogP contribution in [0.25, 0.3) is 5.76 Å². The molecule has 0 saturated carbocycles. The summed E-state index contributed by atoms with van der Waals surface area (Å²) in [4.78, 5) is 31.8. The Morgan fingerprint density at radius 3 is 2.56 bits per heavy atom. The number of aryl methyl sites for hydroxylation is 1. The minimum Gasteiger partial charge on any atom is -0.507 e. The number of imidazole rings is 1. The number of Topliss-reactive ketones (excluding diaryl/α,β-unsaturated/α-hetero) is 1. The number of carbonyl (C=O) groups is 2. The van der Waals surface area contributed by atoms with Crippen LogP contribution in [0.1, 0.15) is 36.9 Å². The summed E-state index contributed by atoms with van der Waals surface area (Å²) in [7, 11) is 1.51. The van der Waals surface area contributed by atoms with E-state index in [4.69, 9.17) is 9.47 Å². The zero-order chi connectivity index (χ0) is 25.7. The lowest BCUT2D eigenvalue weighted by molar-refractivity contribution is -0.139. The van der Waals surface area contributed by atoms with Gasteiger partial charge in [0, 0.05) is 31.0 Å². The average molecular weight is 494 g/mol. The first-order chi connectivity index (χ1) is 17.4. The molecule has 2 aromatic carbocycles. The van der Waals surface area contributed by atoms with Crippen LogP contribution in [0, 0.1) is 5.82 Å². The van der Waals surface area contributed by atoms with E-state index >= 15 is 0 Å². The normalized spacial score (nSPS) is 17.0. The van der Waals surface area contributed by atoms with E-state index in [1.807, 2.05) is 17.7 Å². The zero-order valence-electron chi connectivity index (χ0n) is 20.2. The van der Waals surface area contributed by atoms with Crippen LogP contribution >= 0.6 is 0 Å². The number of nitrogens with zero attached hydrogens (tertiary/aromatic N) is 3. The molecule has 0 spiro atoms. The van der Waals surface area contributed by atoms with Gasteiger partial charge in [-0.15, -0.1) is 0 Å². The maximum absolute atomic E-state index is 13.5.